The average molecular weight is 392 g/mol. The topological polar surface area (TPSA) is 96.5 Å². The van der Waals surface area contributed by atoms with E-state index in [4.69, 9.17) is 4.74 Å². The Bertz CT molecular complexity index is 971. The molecule has 1 fully saturated rings. The number of esters is 1. The number of fused-ring (bicyclic) bond motifs is 1. The minimum absolute atomic E-state index is 0.244. The molecule has 1 N–H and O–H groups in total. The average Bonchev–Trinajstić information content (AvgIpc) is 2.96. The molecule has 8 heteroatoms. The molecule has 0 aliphatic carbocycles. The van der Waals surface area contributed by atoms with Crippen LogP contribution in [0.5, 0.6) is 0 Å². The number of nitrogens with one attached hydrogen (secondary N) is 1. The molecular formula is C19H24N2O5S. The number of aryl methyl sites for hydroxylation is 1. The van der Waals surface area contributed by atoms with Gasteiger partial charge in [-0.25, -0.2) is 12.7 Å². The summed E-state index contributed by atoms with van der Waals surface area (Å²) in [5, 5.41) is 0.810. The number of benzene rings is 1. The summed E-state index contributed by atoms with van der Waals surface area (Å²) in [5.41, 5.74) is 2.15. The summed E-state index contributed by atoms with van der Waals surface area (Å²) in [4.78, 5) is 28.5. The molecule has 27 heavy (non-hydrogen) atoms. The molecule has 146 valence electrons. The summed E-state index contributed by atoms with van der Waals surface area (Å²) in [5.74, 6) is -1.07. The van der Waals surface area contributed by atoms with Gasteiger partial charge in [-0.15, -0.1) is 0 Å². The van der Waals surface area contributed by atoms with Crippen molar-refractivity contribution in [3.8, 4) is 0 Å². The molecule has 0 unspecified atom stereocenters. The van der Waals surface area contributed by atoms with Crippen molar-refractivity contribution < 1.29 is 22.7 Å². The highest BCUT2D eigenvalue weighted by atomic mass is 32.2. The van der Waals surface area contributed by atoms with E-state index in [1.54, 1.807) is 6.92 Å². The number of H-pyrrole nitrogens is 1. The van der Waals surface area contributed by atoms with E-state index in [2.05, 4.69) is 4.98 Å². The lowest BCUT2D eigenvalue weighted by Gasteiger charge is -2.29. The van der Waals surface area contributed by atoms with E-state index in [1.807, 2.05) is 31.2 Å². The molecule has 1 aromatic carbocycles. The van der Waals surface area contributed by atoms with Crippen LogP contribution in [0.15, 0.2) is 24.3 Å². The summed E-state index contributed by atoms with van der Waals surface area (Å²) in [6, 6.07) is 7.50. The Labute approximate surface area is 158 Å². The van der Waals surface area contributed by atoms with E-state index >= 15 is 0 Å². The quantitative estimate of drug-likeness (QED) is 0.622. The molecule has 0 spiro atoms. The Kier molecular flexibility index (Phi) is 5.39. The minimum Gasteiger partial charge on any atom is -0.454 e. The van der Waals surface area contributed by atoms with Crippen LogP contribution < -0.4 is 0 Å². The third kappa shape index (κ3) is 4.06. The van der Waals surface area contributed by atoms with E-state index in [0.29, 0.717) is 31.5 Å². The van der Waals surface area contributed by atoms with Crippen LogP contribution in [0.25, 0.3) is 10.9 Å². The van der Waals surface area contributed by atoms with Gasteiger partial charge in [0.05, 0.1) is 12.2 Å². The fourth-order valence-corrected chi connectivity index (χ4v) is 4.42. The predicted molar refractivity (Wildman–Crippen MR) is 102 cm³/mol. The van der Waals surface area contributed by atoms with Gasteiger partial charge in [0, 0.05) is 35.2 Å². The van der Waals surface area contributed by atoms with Crippen molar-refractivity contribution in [2.45, 2.75) is 32.8 Å². The number of carbonyl (C=O) groups excluding carboxylic acids is 2. The monoisotopic (exact) mass is 392 g/mol. The number of para-hydroxylation sites is 1. The molecule has 7 nitrogen and oxygen atoms in total. The van der Waals surface area contributed by atoms with Crippen LogP contribution in [0, 0.1) is 12.8 Å². The zero-order valence-corrected chi connectivity index (χ0v) is 16.5. The first-order chi connectivity index (χ1) is 12.7. The second kappa shape index (κ2) is 7.44. The zero-order chi connectivity index (χ0) is 19.8. The third-order valence-electron chi connectivity index (χ3n) is 5.06. The first-order valence-corrected chi connectivity index (χ1v) is 10.8. The fourth-order valence-electron chi connectivity index (χ4n) is 3.54. The normalized spacial score (nSPS) is 17.7. The van der Waals surface area contributed by atoms with Gasteiger partial charge in [-0.3, -0.25) is 9.59 Å². The fraction of sp³-hybridized carbons (Fsp3) is 0.474. The van der Waals surface area contributed by atoms with Crippen LogP contribution in [0.4, 0.5) is 0 Å². The van der Waals surface area contributed by atoms with Crippen molar-refractivity contribution in [1.82, 2.24) is 9.29 Å². The van der Waals surface area contributed by atoms with Gasteiger partial charge in [-0.05, 0) is 32.8 Å². The number of rotatable bonds is 5. The number of sulfonamides is 1. The largest absolute Gasteiger partial charge is 0.454 e. The lowest BCUT2D eigenvalue weighted by molar-refractivity contribution is -0.152. The Morgan fingerprint density at radius 3 is 2.48 bits per heavy atom. The van der Waals surface area contributed by atoms with Crippen molar-refractivity contribution in [2.24, 2.45) is 5.92 Å². The van der Waals surface area contributed by atoms with Crippen molar-refractivity contribution in [3.63, 3.8) is 0 Å². The summed E-state index contributed by atoms with van der Waals surface area (Å²) in [7, 11) is -3.24. The Morgan fingerprint density at radius 1 is 1.22 bits per heavy atom. The molecule has 1 saturated heterocycles. The second-order valence-corrected chi connectivity index (χ2v) is 9.03. The number of hydrogen-bond acceptors (Lipinski definition) is 5. The summed E-state index contributed by atoms with van der Waals surface area (Å²) >= 11 is 0. The van der Waals surface area contributed by atoms with E-state index in [0.717, 1.165) is 22.9 Å². The van der Waals surface area contributed by atoms with Crippen molar-refractivity contribution in [1.29, 1.82) is 0 Å². The standard InChI is InChI=1S/C19H24N2O5S/c1-12-17(15-6-4-5-7-16(15)20-12)18(22)13(2)26-19(23)14-8-10-21(11-9-14)27(3,24)25/h4-7,13-14,20H,8-11H2,1-3H3/t13-/m0/s1. The molecule has 0 saturated carbocycles. The molecular weight excluding hydrogens is 368 g/mol. The highest BCUT2D eigenvalue weighted by Gasteiger charge is 2.32. The van der Waals surface area contributed by atoms with Gasteiger partial charge in [-0.2, -0.15) is 0 Å². The van der Waals surface area contributed by atoms with E-state index < -0.39 is 22.1 Å². The molecule has 1 aliphatic rings. The number of hydrogen-bond donors (Lipinski definition) is 1. The Balaban J connectivity index is 1.66. The molecule has 3 rings (SSSR count). The number of Topliss-reactive ketones (excluding diaryl/α,β-unsaturated/α-hetero) is 1. The number of piperidine rings is 1. The Hall–Kier alpha value is -2.19. The Morgan fingerprint density at radius 2 is 1.85 bits per heavy atom. The van der Waals surface area contributed by atoms with Crippen LogP contribution >= 0.6 is 0 Å². The van der Waals surface area contributed by atoms with E-state index in [-0.39, 0.29) is 11.7 Å². The summed E-state index contributed by atoms with van der Waals surface area (Å²) < 4.78 is 29.9. The van der Waals surface area contributed by atoms with Crippen molar-refractivity contribution in [3.05, 3.63) is 35.5 Å². The molecule has 0 radical (unpaired) electrons. The number of ketones is 1. The molecule has 2 aromatic rings. The maximum absolute atomic E-state index is 12.9. The van der Waals surface area contributed by atoms with Gasteiger partial charge >= 0.3 is 5.97 Å². The van der Waals surface area contributed by atoms with Crippen LogP contribution in [-0.2, 0) is 19.6 Å². The number of aromatic nitrogens is 1. The van der Waals surface area contributed by atoms with Crippen LogP contribution in [0.1, 0.15) is 35.8 Å². The maximum atomic E-state index is 12.9. The molecule has 1 aromatic heterocycles. The van der Waals surface area contributed by atoms with Gasteiger partial charge in [0.1, 0.15) is 0 Å². The number of carbonyl (C=O) groups is 2. The van der Waals surface area contributed by atoms with Crippen LogP contribution in [0.2, 0.25) is 0 Å². The van der Waals surface area contributed by atoms with Crippen LogP contribution in [-0.4, -0.2) is 54.9 Å². The molecule has 1 atom stereocenters. The van der Waals surface area contributed by atoms with Gasteiger partial charge in [0.25, 0.3) is 0 Å². The maximum Gasteiger partial charge on any atom is 0.309 e. The van der Waals surface area contributed by atoms with E-state index in [9.17, 15) is 18.0 Å². The molecule has 1 aliphatic heterocycles. The SMILES string of the molecule is Cc1[nH]c2ccccc2c1C(=O)[C@H](C)OC(=O)C1CCN(S(C)(=O)=O)CC1. The second-order valence-electron chi connectivity index (χ2n) is 7.05. The highest BCUT2D eigenvalue weighted by molar-refractivity contribution is 7.88. The highest BCUT2D eigenvalue weighted by Crippen LogP contribution is 2.25. The van der Waals surface area contributed by atoms with Crippen molar-refractivity contribution in [2.75, 3.05) is 19.3 Å². The van der Waals surface area contributed by atoms with Crippen LogP contribution in [0.3, 0.4) is 0 Å². The predicted octanol–water partition coefficient (Wildman–Crippen LogP) is 2.26. The molecule has 0 amide bonds. The third-order valence-corrected chi connectivity index (χ3v) is 6.36. The summed E-state index contributed by atoms with van der Waals surface area (Å²) in [6.45, 7) is 3.99. The minimum atomic E-state index is -3.24. The number of aromatic amines is 1. The van der Waals surface area contributed by atoms with Gasteiger partial charge < -0.3 is 9.72 Å². The van der Waals surface area contributed by atoms with Gasteiger partial charge in [-0.1, -0.05) is 18.2 Å². The lowest BCUT2D eigenvalue weighted by Crippen LogP contribution is -2.40. The smallest absolute Gasteiger partial charge is 0.309 e. The van der Waals surface area contributed by atoms with E-state index in [1.165, 1.54) is 4.31 Å². The number of ether oxygens (including phenoxy) is 1. The lowest BCUT2D eigenvalue weighted by atomic mass is 9.98. The first kappa shape index (κ1) is 19.6. The van der Waals surface area contributed by atoms with Gasteiger partial charge in [0.2, 0.25) is 15.8 Å². The number of nitrogens with zero attached hydrogens (tertiary/aromatic N) is 1. The zero-order valence-electron chi connectivity index (χ0n) is 15.7. The molecule has 0 bridgehead atoms. The van der Waals surface area contributed by atoms with Crippen molar-refractivity contribution >= 4 is 32.7 Å². The van der Waals surface area contributed by atoms with Gasteiger partial charge in [0.15, 0.2) is 6.10 Å². The first-order valence-electron chi connectivity index (χ1n) is 8.95. The summed E-state index contributed by atoms with van der Waals surface area (Å²) in [6.07, 6.45) is 1.07. The molecule has 2 heterocycles.